The van der Waals surface area contributed by atoms with Crippen LogP contribution in [0.25, 0.3) is 21.5 Å². The van der Waals surface area contributed by atoms with Crippen molar-refractivity contribution in [2.75, 3.05) is 13.2 Å². The SMILES string of the molecule is CCC/C=C/CCOc1c2ccc(C)cc2c(OCC/C=C/CCC)c2ccc(C)cc12. The summed E-state index contributed by atoms with van der Waals surface area (Å²) in [4.78, 5) is 0. The molecule has 0 atom stereocenters. The molecule has 0 amide bonds. The molecule has 2 heteroatoms. The highest BCUT2D eigenvalue weighted by atomic mass is 16.5. The molecule has 0 saturated carbocycles. The number of benzene rings is 3. The zero-order valence-corrected chi connectivity index (χ0v) is 20.2. The molecular formula is C30H38O2. The number of rotatable bonds is 12. The fraction of sp³-hybridized carbons (Fsp3) is 0.400. The quantitative estimate of drug-likeness (QED) is 0.162. The average Bonchev–Trinajstić information content (AvgIpc) is 2.79. The van der Waals surface area contributed by atoms with Gasteiger partial charge in [-0.1, -0.05) is 86.4 Å². The fourth-order valence-corrected chi connectivity index (χ4v) is 3.95. The number of unbranched alkanes of at least 4 members (excludes halogenated alkanes) is 2. The van der Waals surface area contributed by atoms with Crippen LogP contribution in [0.1, 0.15) is 63.5 Å². The van der Waals surface area contributed by atoms with Crippen molar-refractivity contribution < 1.29 is 9.47 Å². The van der Waals surface area contributed by atoms with E-state index in [0.29, 0.717) is 13.2 Å². The van der Waals surface area contributed by atoms with Gasteiger partial charge in [0.05, 0.1) is 13.2 Å². The maximum atomic E-state index is 6.41. The van der Waals surface area contributed by atoms with Gasteiger partial charge >= 0.3 is 0 Å². The van der Waals surface area contributed by atoms with Crippen LogP contribution in [0.15, 0.2) is 60.7 Å². The first kappa shape index (κ1) is 23.9. The largest absolute Gasteiger partial charge is 0.492 e. The van der Waals surface area contributed by atoms with E-state index in [1.807, 2.05) is 0 Å². The van der Waals surface area contributed by atoms with Gasteiger partial charge in [0.1, 0.15) is 11.5 Å². The molecule has 32 heavy (non-hydrogen) atoms. The molecule has 0 N–H and O–H groups in total. The van der Waals surface area contributed by atoms with Crippen molar-refractivity contribution in [3.63, 3.8) is 0 Å². The van der Waals surface area contributed by atoms with Crippen molar-refractivity contribution in [3.05, 3.63) is 71.8 Å². The van der Waals surface area contributed by atoms with E-state index in [2.05, 4.69) is 88.4 Å². The van der Waals surface area contributed by atoms with E-state index >= 15 is 0 Å². The molecule has 0 unspecified atom stereocenters. The summed E-state index contributed by atoms with van der Waals surface area (Å²) < 4.78 is 12.8. The Hall–Kier alpha value is -2.74. The van der Waals surface area contributed by atoms with Crippen LogP contribution in [-0.2, 0) is 0 Å². The molecule has 0 aliphatic heterocycles. The lowest BCUT2D eigenvalue weighted by Gasteiger charge is -2.18. The standard InChI is InChI=1S/C30H38O2/c1-5-7-9-11-13-19-31-29-25-17-15-24(4)22-28(25)30(32-20-14-12-10-8-6-2)26-18-16-23(3)21-27(26)29/h9-12,15-18,21-22H,5-8,13-14,19-20H2,1-4H3/b11-9+,12-10+. The third-order valence-corrected chi connectivity index (χ3v) is 5.63. The smallest absolute Gasteiger partial charge is 0.135 e. The van der Waals surface area contributed by atoms with Crippen molar-refractivity contribution in [1.29, 1.82) is 0 Å². The summed E-state index contributed by atoms with van der Waals surface area (Å²) in [5.41, 5.74) is 2.45. The summed E-state index contributed by atoms with van der Waals surface area (Å²) in [6.45, 7) is 10.0. The van der Waals surface area contributed by atoms with Crippen molar-refractivity contribution in [2.45, 2.75) is 66.2 Å². The Morgan fingerprint density at radius 2 is 0.969 bits per heavy atom. The summed E-state index contributed by atoms with van der Waals surface area (Å²) >= 11 is 0. The van der Waals surface area contributed by atoms with Crippen molar-refractivity contribution >= 4 is 21.5 Å². The Morgan fingerprint density at radius 3 is 1.38 bits per heavy atom. The van der Waals surface area contributed by atoms with E-state index in [1.54, 1.807) is 0 Å². The summed E-state index contributed by atoms with van der Waals surface area (Å²) in [5, 5.41) is 4.52. The lowest BCUT2D eigenvalue weighted by Crippen LogP contribution is -2.02. The fourth-order valence-electron chi connectivity index (χ4n) is 3.95. The Labute approximate surface area is 193 Å². The molecule has 0 bridgehead atoms. The first-order valence-electron chi connectivity index (χ1n) is 12.2. The molecule has 0 spiro atoms. The molecule has 3 aromatic carbocycles. The topological polar surface area (TPSA) is 18.5 Å². The van der Waals surface area contributed by atoms with Gasteiger partial charge in [0.25, 0.3) is 0 Å². The molecule has 0 aliphatic carbocycles. The van der Waals surface area contributed by atoms with Crippen LogP contribution in [0, 0.1) is 13.8 Å². The van der Waals surface area contributed by atoms with Gasteiger partial charge in [-0.15, -0.1) is 0 Å². The van der Waals surface area contributed by atoms with Crippen LogP contribution in [0.4, 0.5) is 0 Å². The minimum absolute atomic E-state index is 0.675. The summed E-state index contributed by atoms with van der Waals surface area (Å²) in [6.07, 6.45) is 15.4. The first-order valence-corrected chi connectivity index (χ1v) is 12.2. The third-order valence-electron chi connectivity index (χ3n) is 5.63. The number of allylic oxidation sites excluding steroid dienone is 2. The summed E-state index contributed by atoms with van der Waals surface area (Å²) in [7, 11) is 0. The molecule has 0 saturated heterocycles. The monoisotopic (exact) mass is 430 g/mol. The maximum Gasteiger partial charge on any atom is 0.135 e. The lowest BCUT2D eigenvalue weighted by atomic mass is 9.98. The molecule has 0 aliphatic rings. The Bertz CT molecular complexity index is 988. The van der Waals surface area contributed by atoms with Gasteiger partial charge in [0, 0.05) is 21.5 Å². The average molecular weight is 431 g/mol. The number of hydrogen-bond donors (Lipinski definition) is 0. The molecule has 3 aromatic rings. The minimum atomic E-state index is 0.675. The zero-order chi connectivity index (χ0) is 22.8. The highest BCUT2D eigenvalue weighted by Gasteiger charge is 2.16. The highest BCUT2D eigenvalue weighted by Crippen LogP contribution is 2.43. The maximum absolute atomic E-state index is 6.41. The summed E-state index contributed by atoms with van der Waals surface area (Å²) in [6, 6.07) is 13.1. The Kier molecular flexibility index (Phi) is 9.22. The molecule has 0 heterocycles. The van der Waals surface area contributed by atoms with Crippen molar-refractivity contribution in [2.24, 2.45) is 0 Å². The van der Waals surface area contributed by atoms with Crippen LogP contribution in [0.5, 0.6) is 11.5 Å². The first-order chi connectivity index (χ1) is 15.7. The van der Waals surface area contributed by atoms with E-state index in [-0.39, 0.29) is 0 Å². The van der Waals surface area contributed by atoms with Crippen molar-refractivity contribution in [3.8, 4) is 11.5 Å². The van der Waals surface area contributed by atoms with E-state index < -0.39 is 0 Å². The van der Waals surface area contributed by atoms with E-state index in [0.717, 1.165) is 58.7 Å². The lowest BCUT2D eigenvalue weighted by molar-refractivity contribution is 0.327. The number of aryl methyl sites for hydroxylation is 2. The van der Waals surface area contributed by atoms with E-state index in [4.69, 9.17) is 9.47 Å². The molecule has 0 fully saturated rings. The highest BCUT2D eigenvalue weighted by molar-refractivity contribution is 6.11. The minimum Gasteiger partial charge on any atom is -0.492 e. The second-order valence-corrected chi connectivity index (χ2v) is 8.55. The van der Waals surface area contributed by atoms with Gasteiger partial charge in [-0.25, -0.2) is 0 Å². The van der Waals surface area contributed by atoms with Gasteiger partial charge < -0.3 is 9.47 Å². The molecule has 3 rings (SSSR count). The summed E-state index contributed by atoms with van der Waals surface area (Å²) in [5.74, 6) is 1.94. The molecule has 170 valence electrons. The van der Waals surface area contributed by atoms with Gasteiger partial charge in [-0.2, -0.15) is 0 Å². The molecule has 0 aromatic heterocycles. The molecule has 0 radical (unpaired) electrons. The van der Waals surface area contributed by atoms with Gasteiger partial charge in [-0.05, 0) is 51.7 Å². The second kappa shape index (κ2) is 12.3. The van der Waals surface area contributed by atoms with Gasteiger partial charge in [0.15, 0.2) is 0 Å². The molecular weight excluding hydrogens is 392 g/mol. The van der Waals surface area contributed by atoms with Gasteiger partial charge in [-0.3, -0.25) is 0 Å². The van der Waals surface area contributed by atoms with E-state index in [9.17, 15) is 0 Å². The molecule has 2 nitrogen and oxygen atoms in total. The third kappa shape index (κ3) is 6.16. The van der Waals surface area contributed by atoms with E-state index in [1.165, 1.54) is 24.0 Å². The normalized spacial score (nSPS) is 11.9. The van der Waals surface area contributed by atoms with Crippen LogP contribution in [0.3, 0.4) is 0 Å². The zero-order valence-electron chi connectivity index (χ0n) is 20.2. The van der Waals surface area contributed by atoms with Gasteiger partial charge in [0.2, 0.25) is 0 Å². The number of fused-ring (bicyclic) bond motifs is 2. The number of hydrogen-bond acceptors (Lipinski definition) is 2. The van der Waals surface area contributed by atoms with Crippen LogP contribution in [-0.4, -0.2) is 13.2 Å². The van der Waals surface area contributed by atoms with Crippen LogP contribution < -0.4 is 9.47 Å². The van der Waals surface area contributed by atoms with Crippen LogP contribution in [0.2, 0.25) is 0 Å². The van der Waals surface area contributed by atoms with Crippen molar-refractivity contribution in [1.82, 2.24) is 0 Å². The number of ether oxygens (including phenoxy) is 2. The Morgan fingerprint density at radius 1 is 0.562 bits per heavy atom. The van der Waals surface area contributed by atoms with Crippen LogP contribution >= 0.6 is 0 Å². The predicted octanol–water partition coefficient (Wildman–Crippen LogP) is 8.86. The second-order valence-electron chi connectivity index (χ2n) is 8.55. The predicted molar refractivity (Wildman–Crippen MR) is 139 cm³/mol. The Balaban J connectivity index is 1.98.